The van der Waals surface area contributed by atoms with E-state index in [9.17, 15) is 9.59 Å². The predicted octanol–water partition coefficient (Wildman–Crippen LogP) is 4.26. The van der Waals surface area contributed by atoms with E-state index < -0.39 is 6.04 Å². The molecule has 1 atom stereocenters. The van der Waals surface area contributed by atoms with E-state index in [0.29, 0.717) is 46.1 Å². The first kappa shape index (κ1) is 25.9. The van der Waals surface area contributed by atoms with Crippen LogP contribution in [0.4, 0.5) is 5.69 Å². The highest BCUT2D eigenvalue weighted by Gasteiger charge is 2.34. The molecule has 0 aliphatic carbocycles. The molecule has 2 amide bonds. The standard InChI is InChI=1S/C31H27N5O5/c1-39-24-14-11-22(12-15-24)30(31(38)32-18-21-7-3-2-4-8-21)36(23-13-16-27-28(17-23)41-20-40-27)29(37)19-35-26-10-6-5-9-25(26)33-34-35/h2-17,30H,18-20H2,1H3,(H,32,38)/t30-/m0/s1. The van der Waals surface area contributed by atoms with Gasteiger partial charge in [-0.1, -0.05) is 59.8 Å². The fourth-order valence-corrected chi connectivity index (χ4v) is 4.80. The minimum atomic E-state index is -1.02. The Hall–Kier alpha value is -5.38. The number of hydrogen-bond acceptors (Lipinski definition) is 7. The van der Waals surface area contributed by atoms with Crippen molar-refractivity contribution in [1.29, 1.82) is 0 Å². The topological polar surface area (TPSA) is 108 Å². The van der Waals surface area contributed by atoms with Crippen molar-refractivity contribution in [3.8, 4) is 17.2 Å². The lowest BCUT2D eigenvalue weighted by molar-refractivity contribution is -0.127. The van der Waals surface area contributed by atoms with Gasteiger partial charge in [0.05, 0.1) is 12.6 Å². The fraction of sp³-hybridized carbons (Fsp3) is 0.161. The molecule has 2 heterocycles. The summed E-state index contributed by atoms with van der Waals surface area (Å²) < 4.78 is 18.0. The van der Waals surface area contributed by atoms with Gasteiger partial charge in [-0.15, -0.1) is 5.10 Å². The van der Waals surface area contributed by atoms with Crippen LogP contribution in [0.25, 0.3) is 11.0 Å². The van der Waals surface area contributed by atoms with Gasteiger partial charge in [-0.3, -0.25) is 14.5 Å². The number of methoxy groups -OCH3 is 1. The van der Waals surface area contributed by atoms with Crippen molar-refractivity contribution in [3.05, 3.63) is 108 Å². The van der Waals surface area contributed by atoms with Gasteiger partial charge < -0.3 is 19.5 Å². The smallest absolute Gasteiger partial charge is 0.249 e. The largest absolute Gasteiger partial charge is 0.497 e. The number of nitrogens with zero attached hydrogens (tertiary/aromatic N) is 4. The SMILES string of the molecule is COc1ccc([C@@H](C(=O)NCc2ccccc2)N(C(=O)Cn2nnc3ccccc32)c2ccc3c(c2)OCO3)cc1. The second-order valence-corrected chi connectivity index (χ2v) is 9.42. The Kier molecular flexibility index (Phi) is 7.19. The summed E-state index contributed by atoms with van der Waals surface area (Å²) in [6.07, 6.45) is 0. The molecule has 0 saturated carbocycles. The van der Waals surface area contributed by atoms with E-state index in [2.05, 4.69) is 15.6 Å². The van der Waals surface area contributed by atoms with E-state index in [-0.39, 0.29) is 25.2 Å². The number of para-hydroxylation sites is 1. The first-order chi connectivity index (χ1) is 20.1. The van der Waals surface area contributed by atoms with E-state index in [1.807, 2.05) is 54.6 Å². The average Bonchev–Trinajstić information content (AvgIpc) is 3.66. The number of rotatable bonds is 9. The lowest BCUT2D eigenvalue weighted by Gasteiger charge is -2.32. The lowest BCUT2D eigenvalue weighted by Crippen LogP contribution is -2.45. The number of amides is 2. The Morgan fingerprint density at radius 1 is 0.951 bits per heavy atom. The molecule has 4 aromatic carbocycles. The van der Waals surface area contributed by atoms with Crippen molar-refractivity contribution in [2.45, 2.75) is 19.1 Å². The minimum absolute atomic E-state index is 0.0805. The summed E-state index contributed by atoms with van der Waals surface area (Å²) in [7, 11) is 1.57. The molecule has 1 aliphatic rings. The molecule has 10 heteroatoms. The molecule has 206 valence electrons. The quantitative estimate of drug-likeness (QED) is 0.293. The summed E-state index contributed by atoms with van der Waals surface area (Å²) in [6.45, 7) is 0.230. The Morgan fingerprint density at radius 3 is 2.51 bits per heavy atom. The zero-order chi connectivity index (χ0) is 28.2. The van der Waals surface area contributed by atoms with Crippen LogP contribution >= 0.6 is 0 Å². The van der Waals surface area contributed by atoms with Gasteiger partial charge in [0.2, 0.25) is 18.6 Å². The van der Waals surface area contributed by atoms with E-state index in [1.165, 1.54) is 9.58 Å². The first-order valence-electron chi connectivity index (χ1n) is 13.1. The van der Waals surface area contributed by atoms with Crippen LogP contribution in [-0.2, 0) is 22.7 Å². The number of nitrogens with one attached hydrogen (secondary N) is 1. The van der Waals surface area contributed by atoms with Gasteiger partial charge >= 0.3 is 0 Å². The maximum absolute atomic E-state index is 14.2. The molecule has 0 radical (unpaired) electrons. The van der Waals surface area contributed by atoms with E-state index >= 15 is 0 Å². The molecule has 1 N–H and O–H groups in total. The number of aromatic nitrogens is 3. The summed E-state index contributed by atoms with van der Waals surface area (Å²) in [5, 5.41) is 11.4. The highest BCUT2D eigenvalue weighted by molar-refractivity contribution is 6.01. The number of hydrogen-bond donors (Lipinski definition) is 1. The van der Waals surface area contributed by atoms with Crippen LogP contribution in [0, 0.1) is 0 Å². The molecular formula is C31H27N5O5. The normalized spacial score (nSPS) is 12.6. The molecule has 0 saturated heterocycles. The zero-order valence-electron chi connectivity index (χ0n) is 22.3. The van der Waals surface area contributed by atoms with Gasteiger partial charge in [-0.2, -0.15) is 0 Å². The molecule has 0 fully saturated rings. The average molecular weight is 550 g/mol. The van der Waals surface area contributed by atoms with E-state index in [0.717, 1.165) is 5.56 Å². The van der Waals surface area contributed by atoms with Crippen LogP contribution in [0.5, 0.6) is 17.2 Å². The number of fused-ring (bicyclic) bond motifs is 2. The first-order valence-corrected chi connectivity index (χ1v) is 13.1. The number of benzene rings is 4. The minimum Gasteiger partial charge on any atom is -0.497 e. The van der Waals surface area contributed by atoms with Gasteiger partial charge in [0.1, 0.15) is 23.9 Å². The van der Waals surface area contributed by atoms with Crippen LogP contribution in [0.15, 0.2) is 97.1 Å². The highest BCUT2D eigenvalue weighted by Crippen LogP contribution is 2.38. The van der Waals surface area contributed by atoms with Crippen LogP contribution < -0.4 is 24.4 Å². The molecule has 0 bridgehead atoms. The Labute approximate surface area is 236 Å². The molecule has 1 aromatic heterocycles. The summed E-state index contributed by atoms with van der Waals surface area (Å²) in [5.74, 6) is 0.971. The second kappa shape index (κ2) is 11.4. The molecule has 1 aliphatic heterocycles. The maximum Gasteiger partial charge on any atom is 0.249 e. The third-order valence-electron chi connectivity index (χ3n) is 6.86. The van der Waals surface area contributed by atoms with E-state index in [4.69, 9.17) is 14.2 Å². The van der Waals surface area contributed by atoms with Crippen molar-refractivity contribution in [2.75, 3.05) is 18.8 Å². The van der Waals surface area contributed by atoms with Crippen molar-refractivity contribution in [1.82, 2.24) is 20.3 Å². The third kappa shape index (κ3) is 5.40. The summed E-state index contributed by atoms with van der Waals surface area (Å²) in [6, 6.07) is 28.2. The second-order valence-electron chi connectivity index (χ2n) is 9.42. The Bertz CT molecular complexity index is 1690. The molecule has 6 rings (SSSR count). The number of carbonyl (C=O) groups excluding carboxylic acids is 2. The van der Waals surface area contributed by atoms with E-state index in [1.54, 1.807) is 49.6 Å². The number of anilines is 1. The molecule has 41 heavy (non-hydrogen) atoms. The van der Waals surface area contributed by atoms with Crippen molar-refractivity contribution < 1.29 is 23.8 Å². The van der Waals surface area contributed by atoms with Crippen molar-refractivity contribution in [3.63, 3.8) is 0 Å². The summed E-state index contributed by atoms with van der Waals surface area (Å²) in [5.41, 5.74) is 3.39. The predicted molar refractivity (Wildman–Crippen MR) is 152 cm³/mol. The maximum atomic E-state index is 14.2. The molecule has 0 unspecified atom stereocenters. The number of carbonyl (C=O) groups is 2. The van der Waals surface area contributed by atoms with Gasteiger partial charge in [0.25, 0.3) is 0 Å². The van der Waals surface area contributed by atoms with Crippen LogP contribution in [0.1, 0.15) is 17.2 Å². The van der Waals surface area contributed by atoms with Gasteiger partial charge in [0.15, 0.2) is 11.5 Å². The third-order valence-corrected chi connectivity index (χ3v) is 6.86. The van der Waals surface area contributed by atoms with Gasteiger partial charge in [-0.25, -0.2) is 4.68 Å². The Balaban J connectivity index is 1.42. The highest BCUT2D eigenvalue weighted by atomic mass is 16.7. The lowest BCUT2D eigenvalue weighted by atomic mass is 10.0. The molecule has 5 aromatic rings. The van der Waals surface area contributed by atoms with Crippen LogP contribution in [-0.4, -0.2) is 40.7 Å². The van der Waals surface area contributed by atoms with Crippen LogP contribution in [0.3, 0.4) is 0 Å². The monoisotopic (exact) mass is 549 g/mol. The van der Waals surface area contributed by atoms with Gasteiger partial charge in [-0.05, 0) is 47.5 Å². The van der Waals surface area contributed by atoms with Gasteiger partial charge in [0, 0.05) is 18.3 Å². The Morgan fingerprint density at radius 2 is 1.71 bits per heavy atom. The number of ether oxygens (including phenoxy) is 3. The van der Waals surface area contributed by atoms with Crippen molar-refractivity contribution in [2.24, 2.45) is 0 Å². The van der Waals surface area contributed by atoms with Crippen LogP contribution in [0.2, 0.25) is 0 Å². The molecule has 10 nitrogen and oxygen atoms in total. The molecule has 0 spiro atoms. The summed E-state index contributed by atoms with van der Waals surface area (Å²) >= 11 is 0. The van der Waals surface area contributed by atoms with Crippen molar-refractivity contribution >= 4 is 28.5 Å². The summed E-state index contributed by atoms with van der Waals surface area (Å²) in [4.78, 5) is 29.7. The fourth-order valence-electron chi connectivity index (χ4n) is 4.80. The molecular weight excluding hydrogens is 522 g/mol. The zero-order valence-corrected chi connectivity index (χ0v) is 22.3.